The monoisotopic (exact) mass is 774 g/mol. The molecule has 0 saturated carbocycles. The molecule has 0 rings (SSSR count). The lowest BCUT2D eigenvalue weighted by atomic mass is 10.0. The average Bonchev–Trinajstić information content (AvgIpc) is 3.18. The van der Waals surface area contributed by atoms with Gasteiger partial charge in [0.2, 0.25) is 5.91 Å². The molecule has 0 aliphatic heterocycles. The first kappa shape index (κ1) is 53.6. The maximum atomic E-state index is 12.5. The van der Waals surface area contributed by atoms with Crippen LogP contribution in [0.3, 0.4) is 0 Å². The highest BCUT2D eigenvalue weighted by molar-refractivity contribution is 5.76. The quantitative estimate of drug-likeness (QED) is 0.0367. The Morgan fingerprint density at radius 1 is 0.455 bits per heavy atom. The fraction of sp³-hybridized carbons (Fsp3) is 0.860. The third-order valence-electron chi connectivity index (χ3n) is 11.1. The zero-order valence-corrected chi connectivity index (χ0v) is 36.8. The summed E-state index contributed by atoms with van der Waals surface area (Å²) in [6, 6.07) is -0.763. The molecule has 0 fully saturated rings. The van der Waals surface area contributed by atoms with Gasteiger partial charge in [0, 0.05) is 0 Å². The first-order chi connectivity index (χ1) is 27.0. The van der Waals surface area contributed by atoms with E-state index in [2.05, 4.69) is 43.5 Å². The minimum atomic E-state index is -0.954. The lowest BCUT2D eigenvalue weighted by Gasteiger charge is -2.20. The fourth-order valence-electron chi connectivity index (χ4n) is 7.41. The van der Waals surface area contributed by atoms with Crippen LogP contribution < -0.4 is 5.32 Å². The van der Waals surface area contributed by atoms with Crippen molar-refractivity contribution in [3.63, 3.8) is 0 Å². The first-order valence-electron chi connectivity index (χ1n) is 24.3. The van der Waals surface area contributed by atoms with Gasteiger partial charge >= 0.3 is 0 Å². The summed E-state index contributed by atoms with van der Waals surface area (Å²) < 4.78 is 0. The molecule has 5 nitrogen and oxygen atoms in total. The second-order valence-corrected chi connectivity index (χ2v) is 16.7. The highest BCUT2D eigenvalue weighted by Gasteiger charge is 2.20. The van der Waals surface area contributed by atoms with Gasteiger partial charge < -0.3 is 20.6 Å². The molecule has 324 valence electrons. The van der Waals surface area contributed by atoms with E-state index >= 15 is 0 Å². The Bertz CT molecular complexity index is 855. The lowest BCUT2D eigenvalue weighted by molar-refractivity contribution is -0.124. The molecule has 0 bridgehead atoms. The van der Waals surface area contributed by atoms with Crippen LogP contribution in [-0.2, 0) is 4.79 Å². The Morgan fingerprint density at radius 3 is 1.16 bits per heavy atom. The molecule has 0 aliphatic carbocycles. The summed E-state index contributed by atoms with van der Waals surface area (Å²) >= 11 is 0. The van der Waals surface area contributed by atoms with Crippen molar-refractivity contribution in [3.8, 4) is 0 Å². The van der Waals surface area contributed by atoms with Crippen LogP contribution in [0.4, 0.5) is 0 Å². The average molecular weight is 774 g/mol. The molecule has 5 heteroatoms. The van der Waals surface area contributed by atoms with Crippen molar-refractivity contribution in [3.05, 3.63) is 36.5 Å². The van der Waals surface area contributed by atoms with Crippen molar-refractivity contribution in [2.24, 2.45) is 0 Å². The van der Waals surface area contributed by atoms with Gasteiger partial charge in [-0.15, -0.1) is 0 Å². The van der Waals surface area contributed by atoms with E-state index in [9.17, 15) is 20.1 Å². The summed E-state index contributed by atoms with van der Waals surface area (Å²) in [4.78, 5) is 12.5. The fourth-order valence-corrected chi connectivity index (χ4v) is 7.41. The third kappa shape index (κ3) is 42.0. The maximum absolute atomic E-state index is 12.5. The number of carbonyl (C=O) groups is 1. The summed E-state index contributed by atoms with van der Waals surface area (Å²) in [6.07, 6.45) is 57.3. The minimum absolute atomic E-state index is 0.000950. The van der Waals surface area contributed by atoms with Gasteiger partial charge in [-0.1, -0.05) is 224 Å². The van der Waals surface area contributed by atoms with Gasteiger partial charge in [0.15, 0.2) is 0 Å². The van der Waals surface area contributed by atoms with Crippen LogP contribution in [-0.4, -0.2) is 46.1 Å². The first-order valence-corrected chi connectivity index (χ1v) is 24.3. The summed E-state index contributed by atoms with van der Waals surface area (Å²) in [5.41, 5.74) is 0. The van der Waals surface area contributed by atoms with Crippen LogP contribution in [0, 0.1) is 0 Å². The molecular formula is C50H95NO4. The number of aliphatic hydroxyl groups excluding tert-OH is 3. The summed E-state index contributed by atoms with van der Waals surface area (Å²) in [5, 5.41) is 33.3. The summed E-state index contributed by atoms with van der Waals surface area (Å²) in [5.74, 6) is -0.328. The van der Waals surface area contributed by atoms with Crippen LogP contribution in [0.1, 0.15) is 251 Å². The zero-order chi connectivity index (χ0) is 40.1. The molecule has 0 aromatic carbocycles. The maximum Gasteiger partial charge on any atom is 0.222 e. The van der Waals surface area contributed by atoms with E-state index in [1.807, 2.05) is 6.08 Å². The van der Waals surface area contributed by atoms with Gasteiger partial charge in [0.25, 0.3) is 0 Å². The Morgan fingerprint density at radius 2 is 0.782 bits per heavy atom. The van der Waals surface area contributed by atoms with E-state index in [0.29, 0.717) is 6.42 Å². The number of aliphatic hydroxyl groups is 3. The van der Waals surface area contributed by atoms with Crippen molar-refractivity contribution < 1.29 is 20.1 Å². The molecule has 0 heterocycles. The van der Waals surface area contributed by atoms with E-state index < -0.39 is 18.2 Å². The number of hydrogen-bond acceptors (Lipinski definition) is 4. The standard InChI is InChI=1S/C50H95NO4/c1-3-5-7-9-11-13-15-17-19-21-23-25-27-29-31-33-35-37-39-41-43-47(53)45-50(55)51-48(46-52)49(54)44-42-40-38-36-34-32-30-28-26-24-22-20-18-16-14-12-10-8-6-4-2/h27,29,34,36,42,44,47-49,52-54H,3-26,28,30-33,35,37-41,43,45-46H2,1-2H3,(H,51,55)/b29-27-,36-34+,44-42+. The molecule has 0 aliphatic rings. The predicted molar refractivity (Wildman–Crippen MR) is 241 cm³/mol. The predicted octanol–water partition coefficient (Wildman–Crippen LogP) is 14.3. The van der Waals surface area contributed by atoms with Crippen LogP contribution in [0.15, 0.2) is 36.5 Å². The number of allylic oxidation sites excluding steroid dienone is 5. The summed E-state index contributed by atoms with van der Waals surface area (Å²) in [6.45, 7) is 4.22. The van der Waals surface area contributed by atoms with E-state index in [0.717, 1.165) is 44.9 Å². The van der Waals surface area contributed by atoms with Crippen LogP contribution >= 0.6 is 0 Å². The van der Waals surface area contributed by atoms with Gasteiger partial charge in [-0.05, 0) is 57.8 Å². The van der Waals surface area contributed by atoms with Gasteiger partial charge in [-0.25, -0.2) is 0 Å². The van der Waals surface area contributed by atoms with Crippen molar-refractivity contribution in [2.75, 3.05) is 6.61 Å². The van der Waals surface area contributed by atoms with Crippen LogP contribution in [0.2, 0.25) is 0 Å². The molecule has 4 N–H and O–H groups in total. The molecule has 0 saturated heterocycles. The SMILES string of the molecule is CCCCCCCCCCCCC/C=C\CCCCCCCC(O)CC(=O)NC(CO)C(O)/C=C/CC/C=C/CCCCCCCCCCCCCCCC. The number of unbranched alkanes of at least 4 members (excludes halogenated alkanes) is 31. The molecule has 0 radical (unpaired) electrons. The molecule has 3 atom stereocenters. The second kappa shape index (κ2) is 45.3. The van der Waals surface area contributed by atoms with Crippen LogP contribution in [0.5, 0.6) is 0 Å². The molecule has 55 heavy (non-hydrogen) atoms. The van der Waals surface area contributed by atoms with Crippen molar-refractivity contribution in [1.29, 1.82) is 0 Å². The van der Waals surface area contributed by atoms with Crippen molar-refractivity contribution in [2.45, 2.75) is 270 Å². The molecule has 0 spiro atoms. The Kier molecular flexibility index (Phi) is 44.1. The number of hydrogen-bond donors (Lipinski definition) is 4. The van der Waals surface area contributed by atoms with Gasteiger partial charge in [0.1, 0.15) is 0 Å². The number of carbonyl (C=O) groups excluding carboxylic acids is 1. The smallest absolute Gasteiger partial charge is 0.222 e. The van der Waals surface area contributed by atoms with Gasteiger partial charge in [-0.3, -0.25) is 4.79 Å². The highest BCUT2D eigenvalue weighted by Crippen LogP contribution is 2.15. The van der Waals surface area contributed by atoms with Crippen molar-refractivity contribution >= 4 is 5.91 Å². The van der Waals surface area contributed by atoms with E-state index in [-0.39, 0.29) is 18.9 Å². The van der Waals surface area contributed by atoms with Gasteiger partial charge in [0.05, 0.1) is 31.3 Å². The Hall–Kier alpha value is -1.43. The van der Waals surface area contributed by atoms with E-state index in [1.54, 1.807) is 6.08 Å². The Balaban J connectivity index is 3.68. The molecule has 1 amide bonds. The number of rotatable bonds is 44. The normalized spacial score (nSPS) is 13.8. The summed E-state index contributed by atoms with van der Waals surface area (Å²) in [7, 11) is 0. The number of amides is 1. The molecular weight excluding hydrogens is 679 g/mol. The topological polar surface area (TPSA) is 89.8 Å². The third-order valence-corrected chi connectivity index (χ3v) is 11.1. The van der Waals surface area contributed by atoms with Crippen LogP contribution in [0.25, 0.3) is 0 Å². The lowest BCUT2D eigenvalue weighted by Crippen LogP contribution is -2.45. The minimum Gasteiger partial charge on any atom is -0.394 e. The Labute approximate surface area is 343 Å². The zero-order valence-electron chi connectivity index (χ0n) is 36.8. The van der Waals surface area contributed by atoms with Gasteiger partial charge in [-0.2, -0.15) is 0 Å². The molecule has 0 aromatic rings. The highest BCUT2D eigenvalue weighted by atomic mass is 16.3. The molecule has 3 unspecified atom stereocenters. The van der Waals surface area contributed by atoms with Crippen molar-refractivity contribution in [1.82, 2.24) is 5.32 Å². The van der Waals surface area contributed by atoms with E-state index in [1.165, 1.54) is 180 Å². The molecule has 0 aromatic heterocycles. The number of nitrogens with one attached hydrogen (secondary N) is 1. The second-order valence-electron chi connectivity index (χ2n) is 16.7. The van der Waals surface area contributed by atoms with E-state index in [4.69, 9.17) is 0 Å². The largest absolute Gasteiger partial charge is 0.394 e.